The Balaban J connectivity index is 2.06. The van der Waals surface area contributed by atoms with E-state index < -0.39 is 0 Å². The van der Waals surface area contributed by atoms with Gasteiger partial charge < -0.3 is 5.32 Å². The van der Waals surface area contributed by atoms with Crippen LogP contribution in [0.3, 0.4) is 0 Å². The van der Waals surface area contributed by atoms with E-state index in [0.29, 0.717) is 17.0 Å². The molecule has 2 heterocycles. The lowest BCUT2D eigenvalue weighted by Gasteiger charge is -2.17. The molecule has 0 aliphatic carbocycles. The summed E-state index contributed by atoms with van der Waals surface area (Å²) in [7, 11) is 3.48. The Morgan fingerprint density at radius 3 is 2.55 bits per heavy atom. The summed E-state index contributed by atoms with van der Waals surface area (Å²) < 4.78 is 3.12. The number of benzene rings is 1. The van der Waals surface area contributed by atoms with Gasteiger partial charge in [0.2, 0.25) is 5.95 Å². The van der Waals surface area contributed by atoms with Crippen LogP contribution in [0.4, 0.5) is 5.95 Å². The van der Waals surface area contributed by atoms with Crippen LogP contribution in [-0.4, -0.2) is 19.3 Å². The lowest BCUT2D eigenvalue weighted by Crippen LogP contribution is -2.24. The van der Waals surface area contributed by atoms with Gasteiger partial charge >= 0.3 is 0 Å². The predicted octanol–water partition coefficient (Wildman–Crippen LogP) is 2.15. The second kappa shape index (κ2) is 5.29. The molecule has 6 nitrogen and oxygen atoms in total. The van der Waals surface area contributed by atoms with E-state index in [-0.39, 0.29) is 11.6 Å². The van der Waals surface area contributed by atoms with Crippen LogP contribution >= 0.6 is 0 Å². The first kappa shape index (κ1) is 14.3. The van der Waals surface area contributed by atoms with Gasteiger partial charge in [-0.25, -0.2) is 4.98 Å². The zero-order chi connectivity index (χ0) is 15.9. The zero-order valence-electron chi connectivity index (χ0n) is 13.2. The number of aryl methyl sites for hydroxylation is 2. The van der Waals surface area contributed by atoms with Crippen molar-refractivity contribution >= 4 is 17.0 Å². The third-order valence-electron chi connectivity index (χ3n) is 3.88. The summed E-state index contributed by atoms with van der Waals surface area (Å²) in [5.41, 5.74) is 2.97. The number of rotatable bonds is 3. The predicted molar refractivity (Wildman–Crippen MR) is 87.0 cm³/mol. The molecule has 0 spiro atoms. The Morgan fingerprint density at radius 2 is 1.86 bits per heavy atom. The SMILES string of the molecule is Cc1nn(C)c2c(=O)n(C)c(N[C@H](C)c3ccccc3)nc12. The number of aromatic nitrogens is 4. The van der Waals surface area contributed by atoms with Crippen LogP contribution in [0.2, 0.25) is 0 Å². The van der Waals surface area contributed by atoms with Crippen molar-refractivity contribution in [1.29, 1.82) is 0 Å². The molecular weight excluding hydrogens is 278 g/mol. The Kier molecular flexibility index (Phi) is 3.44. The van der Waals surface area contributed by atoms with Crippen molar-refractivity contribution in [1.82, 2.24) is 19.3 Å². The van der Waals surface area contributed by atoms with Crippen LogP contribution in [0.15, 0.2) is 35.1 Å². The molecule has 0 aliphatic heterocycles. The summed E-state index contributed by atoms with van der Waals surface area (Å²) in [4.78, 5) is 17.1. The van der Waals surface area contributed by atoms with Crippen molar-refractivity contribution in [3.63, 3.8) is 0 Å². The Bertz CT molecular complexity index is 879. The maximum absolute atomic E-state index is 12.5. The highest BCUT2D eigenvalue weighted by molar-refractivity contribution is 5.77. The fraction of sp³-hybridized carbons (Fsp3) is 0.312. The largest absolute Gasteiger partial charge is 0.349 e. The van der Waals surface area contributed by atoms with E-state index in [0.717, 1.165) is 11.3 Å². The monoisotopic (exact) mass is 297 g/mol. The molecule has 0 unspecified atom stereocenters. The van der Waals surface area contributed by atoms with E-state index in [1.165, 1.54) is 4.57 Å². The van der Waals surface area contributed by atoms with Crippen molar-refractivity contribution in [3.05, 3.63) is 51.9 Å². The lowest BCUT2D eigenvalue weighted by molar-refractivity contribution is 0.758. The zero-order valence-corrected chi connectivity index (χ0v) is 13.2. The molecule has 6 heteroatoms. The molecule has 3 rings (SSSR count). The van der Waals surface area contributed by atoms with Crippen molar-refractivity contribution < 1.29 is 0 Å². The summed E-state index contributed by atoms with van der Waals surface area (Å²) in [5.74, 6) is 0.546. The minimum atomic E-state index is -0.101. The van der Waals surface area contributed by atoms with E-state index >= 15 is 0 Å². The highest BCUT2D eigenvalue weighted by Gasteiger charge is 2.16. The molecule has 0 saturated carbocycles. The van der Waals surface area contributed by atoms with Crippen LogP contribution in [0, 0.1) is 6.92 Å². The molecular formula is C16H19N5O. The fourth-order valence-electron chi connectivity index (χ4n) is 2.60. The number of anilines is 1. The maximum Gasteiger partial charge on any atom is 0.280 e. The van der Waals surface area contributed by atoms with Gasteiger partial charge in [0.15, 0.2) is 5.52 Å². The third-order valence-corrected chi connectivity index (χ3v) is 3.88. The highest BCUT2D eigenvalue weighted by atomic mass is 16.1. The van der Waals surface area contributed by atoms with E-state index in [1.807, 2.05) is 44.2 Å². The number of hydrogen-bond donors (Lipinski definition) is 1. The molecule has 2 aromatic heterocycles. The van der Waals surface area contributed by atoms with Gasteiger partial charge in [-0.05, 0) is 19.4 Å². The minimum Gasteiger partial charge on any atom is -0.349 e. The van der Waals surface area contributed by atoms with Crippen LogP contribution in [0.1, 0.15) is 24.2 Å². The number of nitrogens with one attached hydrogen (secondary N) is 1. The molecule has 0 radical (unpaired) electrons. The van der Waals surface area contributed by atoms with Crippen LogP contribution < -0.4 is 10.9 Å². The van der Waals surface area contributed by atoms with Crippen molar-refractivity contribution in [2.24, 2.45) is 14.1 Å². The first-order valence-corrected chi connectivity index (χ1v) is 7.21. The summed E-state index contributed by atoms with van der Waals surface area (Å²) in [6.07, 6.45) is 0. The lowest BCUT2D eigenvalue weighted by atomic mass is 10.1. The van der Waals surface area contributed by atoms with Crippen molar-refractivity contribution in [2.45, 2.75) is 19.9 Å². The van der Waals surface area contributed by atoms with E-state index in [1.54, 1.807) is 18.8 Å². The second-order valence-corrected chi connectivity index (χ2v) is 5.48. The summed E-state index contributed by atoms with van der Waals surface area (Å²) in [6.45, 7) is 3.90. The van der Waals surface area contributed by atoms with Gasteiger partial charge in [-0.3, -0.25) is 14.0 Å². The molecule has 0 fully saturated rings. The molecule has 1 atom stereocenters. The minimum absolute atomic E-state index is 0.0497. The molecule has 22 heavy (non-hydrogen) atoms. The molecule has 114 valence electrons. The fourth-order valence-corrected chi connectivity index (χ4v) is 2.60. The van der Waals surface area contributed by atoms with Gasteiger partial charge in [-0.2, -0.15) is 5.10 Å². The molecule has 0 aliphatic rings. The molecule has 3 aromatic rings. The summed E-state index contributed by atoms with van der Waals surface area (Å²) in [5, 5.41) is 7.59. The maximum atomic E-state index is 12.5. The smallest absolute Gasteiger partial charge is 0.280 e. The van der Waals surface area contributed by atoms with E-state index in [9.17, 15) is 4.79 Å². The quantitative estimate of drug-likeness (QED) is 0.804. The van der Waals surface area contributed by atoms with Gasteiger partial charge in [0, 0.05) is 14.1 Å². The molecule has 1 aromatic carbocycles. The Morgan fingerprint density at radius 1 is 1.18 bits per heavy atom. The second-order valence-electron chi connectivity index (χ2n) is 5.48. The number of hydrogen-bond acceptors (Lipinski definition) is 4. The van der Waals surface area contributed by atoms with Crippen molar-refractivity contribution in [2.75, 3.05) is 5.32 Å². The van der Waals surface area contributed by atoms with Crippen molar-refractivity contribution in [3.8, 4) is 0 Å². The van der Waals surface area contributed by atoms with Crippen LogP contribution in [-0.2, 0) is 14.1 Å². The van der Waals surface area contributed by atoms with Gasteiger partial charge in [0.25, 0.3) is 5.56 Å². The van der Waals surface area contributed by atoms with Gasteiger partial charge in [0.05, 0.1) is 11.7 Å². The number of fused-ring (bicyclic) bond motifs is 1. The van der Waals surface area contributed by atoms with Gasteiger partial charge in [0.1, 0.15) is 5.52 Å². The number of nitrogens with zero attached hydrogens (tertiary/aromatic N) is 4. The Hall–Kier alpha value is -2.63. The summed E-state index contributed by atoms with van der Waals surface area (Å²) in [6, 6.07) is 10.1. The third kappa shape index (κ3) is 2.26. The normalized spacial score (nSPS) is 12.5. The van der Waals surface area contributed by atoms with Gasteiger partial charge in [-0.1, -0.05) is 30.3 Å². The first-order valence-electron chi connectivity index (χ1n) is 7.21. The molecule has 0 bridgehead atoms. The highest BCUT2D eigenvalue weighted by Crippen LogP contribution is 2.19. The first-order chi connectivity index (χ1) is 10.5. The molecule has 0 amide bonds. The topological polar surface area (TPSA) is 64.7 Å². The molecule has 0 saturated heterocycles. The van der Waals surface area contributed by atoms with E-state index in [4.69, 9.17) is 0 Å². The van der Waals surface area contributed by atoms with Gasteiger partial charge in [-0.15, -0.1) is 0 Å². The standard InChI is InChI=1S/C16H19N5O/c1-10(12-8-6-5-7-9-12)17-16-18-13-11(2)19-21(4)14(13)15(22)20(16)3/h5-10H,1-4H3,(H,17,18)/t10-/m1/s1. The van der Waals surface area contributed by atoms with Crippen LogP contribution in [0.5, 0.6) is 0 Å². The van der Waals surface area contributed by atoms with E-state index in [2.05, 4.69) is 15.4 Å². The molecule has 1 N–H and O–H groups in total. The summed E-state index contributed by atoms with van der Waals surface area (Å²) >= 11 is 0. The average Bonchev–Trinajstić information content (AvgIpc) is 2.79. The Labute approximate surface area is 128 Å². The average molecular weight is 297 g/mol. The van der Waals surface area contributed by atoms with Crippen LogP contribution in [0.25, 0.3) is 11.0 Å².